The van der Waals surface area contributed by atoms with Crippen molar-refractivity contribution in [3.8, 4) is 0 Å². The van der Waals surface area contributed by atoms with Crippen LogP contribution in [0.1, 0.15) is 12.0 Å². The van der Waals surface area contributed by atoms with Gasteiger partial charge in [0, 0.05) is 33.3 Å². The number of anilines is 1. The van der Waals surface area contributed by atoms with E-state index in [9.17, 15) is 22.8 Å². The number of fused-ring (bicyclic) bond motifs is 1. The molecule has 1 N–H and O–H groups in total. The van der Waals surface area contributed by atoms with E-state index in [4.69, 9.17) is 0 Å². The van der Waals surface area contributed by atoms with E-state index in [-0.39, 0.29) is 22.7 Å². The highest BCUT2D eigenvalue weighted by atomic mass is 32.2. The number of carbonyl (C=O) groups excluding carboxylic acids is 1. The van der Waals surface area contributed by atoms with Crippen LogP contribution in [0, 0.1) is 6.92 Å². The first-order valence-electron chi connectivity index (χ1n) is 8.74. The summed E-state index contributed by atoms with van der Waals surface area (Å²) in [7, 11) is 0.153. The zero-order chi connectivity index (χ0) is 21.5. The molecule has 3 rings (SSSR count). The normalized spacial score (nSPS) is 11.7. The van der Waals surface area contributed by atoms with Crippen LogP contribution >= 0.6 is 0 Å². The van der Waals surface area contributed by atoms with Crippen LogP contribution in [0.3, 0.4) is 0 Å². The van der Waals surface area contributed by atoms with Gasteiger partial charge in [0.25, 0.3) is 5.56 Å². The summed E-state index contributed by atoms with van der Waals surface area (Å²) in [5.41, 5.74) is 0.303. The average molecular weight is 419 g/mol. The number of hydrogen-bond donors (Lipinski definition) is 1. The minimum Gasteiger partial charge on any atom is -0.326 e. The van der Waals surface area contributed by atoms with E-state index >= 15 is 0 Å². The molecule has 0 saturated heterocycles. The summed E-state index contributed by atoms with van der Waals surface area (Å²) < 4.78 is 28.7. The van der Waals surface area contributed by atoms with Crippen molar-refractivity contribution in [1.29, 1.82) is 0 Å². The van der Waals surface area contributed by atoms with Gasteiger partial charge in [0.15, 0.2) is 11.2 Å². The second-order valence-corrected chi connectivity index (χ2v) is 8.82. The molecule has 0 saturated carbocycles. The number of rotatable bonds is 5. The van der Waals surface area contributed by atoms with E-state index in [0.717, 1.165) is 14.7 Å². The highest BCUT2D eigenvalue weighted by Gasteiger charge is 2.26. The largest absolute Gasteiger partial charge is 0.332 e. The fraction of sp³-hybridized carbons (Fsp3) is 0.333. The Morgan fingerprint density at radius 3 is 2.28 bits per heavy atom. The van der Waals surface area contributed by atoms with Crippen molar-refractivity contribution in [3.05, 3.63) is 50.7 Å². The zero-order valence-electron chi connectivity index (χ0n) is 16.5. The highest BCUT2D eigenvalue weighted by molar-refractivity contribution is 7.91. The summed E-state index contributed by atoms with van der Waals surface area (Å²) in [6.07, 6.45) is -0.281. The molecule has 1 amide bonds. The van der Waals surface area contributed by atoms with E-state index < -0.39 is 32.7 Å². The predicted octanol–water partition coefficient (Wildman–Crippen LogP) is 0.0816. The molecule has 3 aromatic rings. The van der Waals surface area contributed by atoms with Crippen LogP contribution in [0.5, 0.6) is 0 Å². The first-order valence-corrected chi connectivity index (χ1v) is 10.4. The second-order valence-electron chi connectivity index (χ2n) is 6.81. The van der Waals surface area contributed by atoms with Gasteiger partial charge < -0.3 is 9.88 Å². The van der Waals surface area contributed by atoms with Gasteiger partial charge in [-0.1, -0.05) is 17.7 Å². The van der Waals surface area contributed by atoms with Gasteiger partial charge in [0.1, 0.15) is 0 Å². The van der Waals surface area contributed by atoms with Crippen molar-refractivity contribution >= 4 is 32.6 Å². The molecule has 0 aliphatic heterocycles. The quantitative estimate of drug-likeness (QED) is 0.624. The second kappa shape index (κ2) is 7.32. The van der Waals surface area contributed by atoms with Crippen molar-refractivity contribution in [2.24, 2.45) is 21.1 Å². The van der Waals surface area contributed by atoms with Crippen molar-refractivity contribution in [3.63, 3.8) is 0 Å². The number of nitrogens with one attached hydrogen (secondary N) is 1. The monoisotopic (exact) mass is 419 g/mol. The summed E-state index contributed by atoms with van der Waals surface area (Å²) in [4.78, 5) is 40.5. The van der Waals surface area contributed by atoms with E-state index in [1.807, 2.05) is 19.1 Å². The molecule has 0 fully saturated rings. The van der Waals surface area contributed by atoms with E-state index in [0.29, 0.717) is 5.69 Å². The molecular weight excluding hydrogens is 398 g/mol. The molecule has 0 atom stereocenters. The summed E-state index contributed by atoms with van der Waals surface area (Å²) in [5, 5.41) is 2.27. The number of imidazole rings is 1. The molecule has 10 nitrogen and oxygen atoms in total. The lowest BCUT2D eigenvalue weighted by Crippen LogP contribution is -2.37. The number of sulfone groups is 1. The van der Waals surface area contributed by atoms with Crippen molar-refractivity contribution in [1.82, 2.24) is 18.7 Å². The molecule has 2 heterocycles. The number of aryl methyl sites for hydroxylation is 3. The third-order valence-corrected chi connectivity index (χ3v) is 6.30. The number of benzene rings is 1. The average Bonchev–Trinajstić information content (AvgIpc) is 3.03. The number of aromatic nitrogens is 4. The van der Waals surface area contributed by atoms with Gasteiger partial charge in [0.2, 0.25) is 20.9 Å². The Kier molecular flexibility index (Phi) is 5.18. The molecule has 0 bridgehead atoms. The van der Waals surface area contributed by atoms with Gasteiger partial charge in [0.05, 0.1) is 5.75 Å². The molecular formula is C18H21N5O5S. The minimum atomic E-state index is -3.98. The molecule has 1 aromatic carbocycles. The van der Waals surface area contributed by atoms with E-state index in [1.54, 1.807) is 12.1 Å². The van der Waals surface area contributed by atoms with Gasteiger partial charge in [-0.25, -0.2) is 18.2 Å². The Balaban J connectivity index is 1.88. The Morgan fingerprint density at radius 2 is 1.66 bits per heavy atom. The van der Waals surface area contributed by atoms with E-state index in [1.165, 1.54) is 25.7 Å². The molecule has 0 unspecified atom stereocenters. The van der Waals surface area contributed by atoms with Crippen molar-refractivity contribution in [2.75, 3.05) is 11.1 Å². The summed E-state index contributed by atoms with van der Waals surface area (Å²) in [6, 6.07) is 7.11. The molecule has 0 radical (unpaired) electrons. The van der Waals surface area contributed by atoms with E-state index in [2.05, 4.69) is 10.3 Å². The molecule has 0 spiro atoms. The van der Waals surface area contributed by atoms with Crippen LogP contribution in [0.2, 0.25) is 0 Å². The van der Waals surface area contributed by atoms with Crippen molar-refractivity contribution in [2.45, 2.75) is 18.5 Å². The SMILES string of the molecule is Cc1ccc(NC(=O)CCS(=O)(=O)c2nc3c(=O)n(C)c(=O)n(C)c3n2C)cc1. The number of hydrogen-bond acceptors (Lipinski definition) is 6. The molecule has 2 aromatic heterocycles. The van der Waals surface area contributed by atoms with Gasteiger partial charge in [-0.15, -0.1) is 0 Å². The maximum absolute atomic E-state index is 12.8. The molecule has 11 heteroatoms. The van der Waals surface area contributed by atoms with Gasteiger partial charge in [-0.3, -0.25) is 18.7 Å². The Labute approximate surface area is 166 Å². The van der Waals surface area contributed by atoms with Crippen molar-refractivity contribution < 1.29 is 13.2 Å². The van der Waals surface area contributed by atoms with Crippen LogP contribution < -0.4 is 16.6 Å². The van der Waals surface area contributed by atoms with Crippen LogP contribution in [0.4, 0.5) is 5.69 Å². The maximum Gasteiger partial charge on any atom is 0.332 e. The Morgan fingerprint density at radius 1 is 1.03 bits per heavy atom. The van der Waals surface area contributed by atoms with Crippen LogP contribution in [0.15, 0.2) is 39.0 Å². The lowest BCUT2D eigenvalue weighted by Gasteiger charge is -2.08. The molecule has 154 valence electrons. The predicted molar refractivity (Wildman–Crippen MR) is 108 cm³/mol. The zero-order valence-corrected chi connectivity index (χ0v) is 17.3. The lowest BCUT2D eigenvalue weighted by atomic mass is 10.2. The summed E-state index contributed by atoms with van der Waals surface area (Å²) in [6.45, 7) is 1.91. The van der Waals surface area contributed by atoms with Gasteiger partial charge >= 0.3 is 5.69 Å². The number of nitrogens with zero attached hydrogens (tertiary/aromatic N) is 4. The summed E-state index contributed by atoms with van der Waals surface area (Å²) >= 11 is 0. The van der Waals surface area contributed by atoms with Gasteiger partial charge in [-0.2, -0.15) is 0 Å². The topological polar surface area (TPSA) is 125 Å². The molecule has 0 aliphatic rings. The number of amides is 1. The van der Waals surface area contributed by atoms with Crippen LogP contribution in [-0.2, 0) is 35.8 Å². The van der Waals surface area contributed by atoms with Crippen LogP contribution in [-0.4, -0.2) is 38.8 Å². The lowest BCUT2D eigenvalue weighted by molar-refractivity contribution is -0.115. The maximum atomic E-state index is 12.8. The minimum absolute atomic E-state index is 0.0979. The molecule has 29 heavy (non-hydrogen) atoms. The first-order chi connectivity index (χ1) is 13.5. The smallest absolute Gasteiger partial charge is 0.326 e. The van der Waals surface area contributed by atoms with Crippen LogP contribution in [0.25, 0.3) is 11.2 Å². The Bertz CT molecular complexity index is 1330. The third-order valence-electron chi connectivity index (χ3n) is 4.63. The molecule has 0 aliphatic carbocycles. The summed E-state index contributed by atoms with van der Waals surface area (Å²) in [5.74, 6) is -0.949. The fourth-order valence-corrected chi connectivity index (χ4v) is 4.39. The Hall–Kier alpha value is -3.21. The third kappa shape index (κ3) is 3.73. The van der Waals surface area contributed by atoms with Gasteiger partial charge in [-0.05, 0) is 19.1 Å². The fourth-order valence-electron chi connectivity index (χ4n) is 3.02. The first kappa shape index (κ1) is 20.5. The highest BCUT2D eigenvalue weighted by Crippen LogP contribution is 2.16. The standard InChI is InChI=1S/C18H21N5O5S/c1-11-5-7-12(8-6-11)19-13(24)9-10-29(27,28)17-20-14-15(21(17)2)22(3)18(26)23(4)16(14)25/h5-8H,9-10H2,1-4H3,(H,19,24). The number of carbonyl (C=O) groups is 1.